The Morgan fingerprint density at radius 2 is 1.90 bits per heavy atom. The Morgan fingerprint density at radius 3 is 2.43 bits per heavy atom. The van der Waals surface area contributed by atoms with Crippen molar-refractivity contribution < 1.29 is 14.7 Å². The predicted molar refractivity (Wildman–Crippen MR) is 82.3 cm³/mol. The summed E-state index contributed by atoms with van der Waals surface area (Å²) >= 11 is 0. The summed E-state index contributed by atoms with van der Waals surface area (Å²) in [5.41, 5.74) is 0. The number of carbonyl (C=O) groups is 2. The van der Waals surface area contributed by atoms with Crippen molar-refractivity contribution in [3.8, 4) is 0 Å². The molecular weight excluding hydrogens is 270 g/mol. The molecule has 1 saturated heterocycles. The van der Waals surface area contributed by atoms with Crippen LogP contribution in [0.2, 0.25) is 0 Å². The maximum absolute atomic E-state index is 11.8. The number of nitrogens with zero attached hydrogens (tertiary/aromatic N) is 2. The molecule has 1 aliphatic heterocycles. The third kappa shape index (κ3) is 5.53. The van der Waals surface area contributed by atoms with Crippen LogP contribution in [0, 0.1) is 11.8 Å². The van der Waals surface area contributed by atoms with E-state index in [0.717, 1.165) is 19.4 Å². The molecule has 0 spiro atoms. The van der Waals surface area contributed by atoms with E-state index in [2.05, 4.69) is 31.1 Å². The van der Waals surface area contributed by atoms with Crippen molar-refractivity contribution in [3.05, 3.63) is 0 Å². The van der Waals surface area contributed by atoms with E-state index in [1.807, 2.05) is 0 Å². The fourth-order valence-electron chi connectivity index (χ4n) is 2.25. The van der Waals surface area contributed by atoms with Gasteiger partial charge < -0.3 is 20.2 Å². The van der Waals surface area contributed by atoms with Crippen LogP contribution >= 0.6 is 0 Å². The van der Waals surface area contributed by atoms with Crippen LogP contribution in [0.25, 0.3) is 0 Å². The number of carboxylic acid groups (broad SMARTS) is 1. The number of urea groups is 1. The van der Waals surface area contributed by atoms with Crippen molar-refractivity contribution in [1.82, 2.24) is 15.1 Å². The third-order valence-electron chi connectivity index (χ3n) is 4.39. The van der Waals surface area contributed by atoms with Crippen molar-refractivity contribution in [2.75, 3.05) is 33.2 Å². The predicted octanol–water partition coefficient (Wildman–Crippen LogP) is 1.47. The van der Waals surface area contributed by atoms with E-state index in [9.17, 15) is 9.59 Å². The average molecular weight is 299 g/mol. The van der Waals surface area contributed by atoms with Crippen LogP contribution in [0.3, 0.4) is 0 Å². The summed E-state index contributed by atoms with van der Waals surface area (Å²) in [5, 5.41) is 11.8. The molecule has 1 unspecified atom stereocenters. The Labute approximate surface area is 127 Å². The first-order chi connectivity index (χ1) is 9.82. The summed E-state index contributed by atoms with van der Waals surface area (Å²) in [5.74, 6) is -1.07. The minimum Gasteiger partial charge on any atom is -0.481 e. The van der Waals surface area contributed by atoms with Crippen LogP contribution in [0.4, 0.5) is 4.79 Å². The molecule has 1 aliphatic rings. The molecule has 0 aromatic heterocycles. The van der Waals surface area contributed by atoms with E-state index >= 15 is 0 Å². The van der Waals surface area contributed by atoms with Crippen LogP contribution in [-0.4, -0.2) is 66.2 Å². The lowest BCUT2D eigenvalue weighted by Gasteiger charge is -2.41. The first kappa shape index (κ1) is 17.8. The molecule has 6 heteroatoms. The number of nitrogens with one attached hydrogen (secondary N) is 1. The Balaban J connectivity index is 2.07. The lowest BCUT2D eigenvalue weighted by molar-refractivity contribution is -0.144. The van der Waals surface area contributed by atoms with E-state index < -0.39 is 5.97 Å². The zero-order valence-corrected chi connectivity index (χ0v) is 13.6. The highest BCUT2D eigenvalue weighted by Crippen LogP contribution is 2.23. The van der Waals surface area contributed by atoms with Crippen LogP contribution in [0.1, 0.15) is 33.6 Å². The molecule has 0 saturated carbocycles. The van der Waals surface area contributed by atoms with Gasteiger partial charge in [0.1, 0.15) is 0 Å². The Morgan fingerprint density at radius 1 is 1.29 bits per heavy atom. The normalized spacial score (nSPS) is 17.0. The number of hydrogen-bond donors (Lipinski definition) is 2. The van der Waals surface area contributed by atoms with Crippen LogP contribution in [0.15, 0.2) is 0 Å². The van der Waals surface area contributed by atoms with E-state index in [1.165, 1.54) is 0 Å². The van der Waals surface area contributed by atoms with Gasteiger partial charge >= 0.3 is 12.0 Å². The number of aliphatic carboxylic acids is 1. The number of hydrogen-bond acceptors (Lipinski definition) is 3. The summed E-state index contributed by atoms with van der Waals surface area (Å²) in [6.07, 6.45) is 2.03. The van der Waals surface area contributed by atoms with Crippen LogP contribution < -0.4 is 5.32 Å². The maximum atomic E-state index is 11.8. The number of carbonyl (C=O) groups excluding carboxylic acids is 1. The first-order valence-corrected chi connectivity index (χ1v) is 7.78. The average Bonchev–Trinajstić information content (AvgIpc) is 2.35. The van der Waals surface area contributed by atoms with Gasteiger partial charge in [0.05, 0.1) is 5.92 Å². The molecule has 122 valence electrons. The van der Waals surface area contributed by atoms with Crippen molar-refractivity contribution in [1.29, 1.82) is 0 Å². The Bertz CT molecular complexity index is 354. The summed E-state index contributed by atoms with van der Waals surface area (Å²) < 4.78 is 0. The van der Waals surface area contributed by atoms with E-state index in [1.54, 1.807) is 11.8 Å². The summed E-state index contributed by atoms with van der Waals surface area (Å²) in [6, 6.07) is 0.481. The largest absolute Gasteiger partial charge is 0.481 e. The van der Waals surface area contributed by atoms with Gasteiger partial charge in [0.25, 0.3) is 0 Å². The SMILES string of the molecule is CC(C(=O)O)C1CN(C(=O)NCCCCN(C)C(C)C)C1. The van der Waals surface area contributed by atoms with Gasteiger partial charge in [-0.1, -0.05) is 6.92 Å². The van der Waals surface area contributed by atoms with Crippen molar-refractivity contribution in [3.63, 3.8) is 0 Å². The van der Waals surface area contributed by atoms with Crippen LogP contribution in [0.5, 0.6) is 0 Å². The topological polar surface area (TPSA) is 72.9 Å². The molecule has 1 atom stereocenters. The second-order valence-electron chi connectivity index (χ2n) is 6.31. The minimum absolute atomic E-state index is 0.0685. The van der Waals surface area contributed by atoms with Crippen molar-refractivity contribution in [2.45, 2.75) is 39.7 Å². The van der Waals surface area contributed by atoms with Gasteiger partial charge in [0.2, 0.25) is 0 Å². The number of carboxylic acids is 1. The van der Waals surface area contributed by atoms with E-state index in [-0.39, 0.29) is 17.9 Å². The van der Waals surface area contributed by atoms with Gasteiger partial charge in [-0.15, -0.1) is 0 Å². The quantitative estimate of drug-likeness (QED) is 0.666. The molecule has 0 aliphatic carbocycles. The molecule has 1 fully saturated rings. The maximum Gasteiger partial charge on any atom is 0.317 e. The molecule has 0 aromatic carbocycles. The van der Waals surface area contributed by atoms with Crippen LogP contribution in [-0.2, 0) is 4.79 Å². The zero-order chi connectivity index (χ0) is 16.0. The lowest BCUT2D eigenvalue weighted by atomic mass is 9.87. The molecule has 0 bridgehead atoms. The highest BCUT2D eigenvalue weighted by molar-refractivity contribution is 5.76. The second kappa shape index (κ2) is 8.22. The van der Waals surface area contributed by atoms with Gasteiger partial charge in [-0.05, 0) is 40.3 Å². The Kier molecular flexibility index (Phi) is 6.95. The fraction of sp³-hybridized carbons (Fsp3) is 0.867. The number of rotatable bonds is 8. The molecule has 2 N–H and O–H groups in total. The Hall–Kier alpha value is -1.30. The van der Waals surface area contributed by atoms with Crippen molar-refractivity contribution in [2.24, 2.45) is 11.8 Å². The van der Waals surface area contributed by atoms with Gasteiger partial charge in [-0.25, -0.2) is 4.79 Å². The molecule has 6 nitrogen and oxygen atoms in total. The molecule has 21 heavy (non-hydrogen) atoms. The first-order valence-electron chi connectivity index (χ1n) is 7.78. The lowest BCUT2D eigenvalue weighted by Crippen LogP contribution is -2.56. The van der Waals surface area contributed by atoms with Gasteiger partial charge in [-0.2, -0.15) is 0 Å². The number of amides is 2. The van der Waals surface area contributed by atoms with Gasteiger partial charge in [0, 0.05) is 31.6 Å². The molecule has 1 rings (SSSR count). The number of unbranched alkanes of at least 4 members (excludes halogenated alkanes) is 1. The molecule has 2 amide bonds. The molecule has 0 aromatic rings. The summed E-state index contributed by atoms with van der Waals surface area (Å²) in [7, 11) is 2.10. The van der Waals surface area contributed by atoms with E-state index in [0.29, 0.717) is 25.7 Å². The third-order valence-corrected chi connectivity index (χ3v) is 4.39. The standard InChI is InChI=1S/C15H29N3O3/c1-11(2)17(4)8-6-5-7-16-15(21)18-9-13(10-18)12(3)14(19)20/h11-13H,5-10H2,1-4H3,(H,16,21)(H,19,20). The fourth-order valence-corrected chi connectivity index (χ4v) is 2.25. The highest BCUT2D eigenvalue weighted by atomic mass is 16.4. The molecule has 1 heterocycles. The monoisotopic (exact) mass is 299 g/mol. The second-order valence-corrected chi connectivity index (χ2v) is 6.31. The highest BCUT2D eigenvalue weighted by Gasteiger charge is 2.36. The van der Waals surface area contributed by atoms with Gasteiger partial charge in [-0.3, -0.25) is 4.79 Å². The molecule has 0 radical (unpaired) electrons. The summed E-state index contributed by atoms with van der Waals surface area (Å²) in [6.45, 7) is 8.86. The zero-order valence-electron chi connectivity index (χ0n) is 13.6. The molecular formula is C15H29N3O3. The minimum atomic E-state index is -0.783. The number of likely N-dealkylation sites (tertiary alicyclic amines) is 1. The van der Waals surface area contributed by atoms with Gasteiger partial charge in [0.15, 0.2) is 0 Å². The van der Waals surface area contributed by atoms with Crippen molar-refractivity contribution >= 4 is 12.0 Å². The van der Waals surface area contributed by atoms with E-state index in [4.69, 9.17) is 5.11 Å². The smallest absolute Gasteiger partial charge is 0.317 e. The summed E-state index contributed by atoms with van der Waals surface area (Å²) in [4.78, 5) is 26.6.